The van der Waals surface area contributed by atoms with E-state index < -0.39 is 0 Å². The summed E-state index contributed by atoms with van der Waals surface area (Å²) in [7, 11) is 0. The van der Waals surface area contributed by atoms with Crippen molar-refractivity contribution in [1.82, 2.24) is 32.1 Å². The van der Waals surface area contributed by atoms with Gasteiger partial charge in [0.05, 0.1) is 18.2 Å². The van der Waals surface area contributed by atoms with Gasteiger partial charge in [0.2, 0.25) is 0 Å². The van der Waals surface area contributed by atoms with Crippen LogP contribution in [0, 0.1) is 17.8 Å². The fourth-order valence-corrected chi connectivity index (χ4v) is 6.67. The Morgan fingerprint density at radius 2 is 1.88 bits per heavy atom. The van der Waals surface area contributed by atoms with Crippen LogP contribution in [0.1, 0.15) is 72.1 Å². The predicted molar refractivity (Wildman–Crippen MR) is 126 cm³/mol. The van der Waals surface area contributed by atoms with E-state index >= 15 is 0 Å². The quantitative estimate of drug-likeness (QED) is 0.355. The fraction of sp³-hybridized carbons (Fsp3) is 0.958. The summed E-state index contributed by atoms with van der Waals surface area (Å²) in [5, 5.41) is 5.86. The smallest absolute Gasteiger partial charge is 0.310 e. The number of hydrogen-bond donors (Lipinski definition) is 5. The molecule has 10 heteroatoms. The van der Waals surface area contributed by atoms with Crippen molar-refractivity contribution in [1.29, 1.82) is 0 Å². The zero-order valence-electron chi connectivity index (χ0n) is 20.9. The van der Waals surface area contributed by atoms with Crippen LogP contribution in [0.3, 0.4) is 0 Å². The second kappa shape index (κ2) is 11.0. The Balaban J connectivity index is 1.05. The van der Waals surface area contributed by atoms with Crippen molar-refractivity contribution in [2.75, 3.05) is 13.2 Å². The Labute approximate surface area is 203 Å². The van der Waals surface area contributed by atoms with Crippen LogP contribution in [0.2, 0.25) is 0 Å². The average Bonchev–Trinajstić information content (AvgIpc) is 3.56. The highest BCUT2D eigenvalue weighted by Gasteiger charge is 2.47. The average molecular weight is 481 g/mol. The van der Waals surface area contributed by atoms with Gasteiger partial charge in [-0.1, -0.05) is 19.3 Å². The highest BCUT2D eigenvalue weighted by atomic mass is 16.7. The number of nitrogens with zero attached hydrogens (tertiary/aromatic N) is 1. The number of hydrogen-bond acceptors (Lipinski definition) is 10. The van der Waals surface area contributed by atoms with Crippen LogP contribution in [0.25, 0.3) is 0 Å². The topological polar surface area (TPSA) is 108 Å². The molecule has 0 aromatic rings. The minimum absolute atomic E-state index is 0.0598. The monoisotopic (exact) mass is 480 g/mol. The molecule has 0 bridgehead atoms. The second-order valence-electron chi connectivity index (χ2n) is 11.1. The summed E-state index contributed by atoms with van der Waals surface area (Å²) in [5.74, 6) is 0.574. The first-order valence-electron chi connectivity index (χ1n) is 13.5. The number of piperidine rings is 1. The molecule has 1 saturated carbocycles. The molecule has 9 atom stereocenters. The molecule has 5 fully saturated rings. The lowest BCUT2D eigenvalue weighted by molar-refractivity contribution is -0.155. The molecule has 0 aromatic carbocycles. The predicted octanol–water partition coefficient (Wildman–Crippen LogP) is 1.11. The molecule has 5 N–H and O–H groups in total. The van der Waals surface area contributed by atoms with E-state index in [0.717, 1.165) is 19.3 Å². The van der Waals surface area contributed by atoms with Crippen LogP contribution in [0.5, 0.6) is 0 Å². The van der Waals surface area contributed by atoms with E-state index in [-0.39, 0.29) is 55.2 Å². The van der Waals surface area contributed by atoms with E-state index in [1.54, 1.807) is 0 Å². The number of ether oxygens (including phenoxy) is 2. The van der Waals surface area contributed by atoms with Gasteiger partial charge in [0.1, 0.15) is 12.8 Å². The third-order valence-corrected chi connectivity index (χ3v) is 8.52. The summed E-state index contributed by atoms with van der Waals surface area (Å²) in [4.78, 5) is 18.5. The van der Waals surface area contributed by atoms with Crippen LogP contribution in [-0.2, 0) is 19.1 Å². The highest BCUT2D eigenvalue weighted by Crippen LogP contribution is 2.36. The van der Waals surface area contributed by atoms with Gasteiger partial charge in [-0.25, -0.2) is 15.9 Å². The Kier molecular flexibility index (Phi) is 8.06. The second-order valence-corrected chi connectivity index (χ2v) is 11.1. The molecule has 0 aromatic heterocycles. The molecule has 34 heavy (non-hydrogen) atoms. The van der Waals surface area contributed by atoms with Crippen LogP contribution < -0.4 is 27.1 Å². The van der Waals surface area contributed by atoms with Gasteiger partial charge in [-0.2, -0.15) is 5.48 Å². The minimum Gasteiger partial charge on any atom is -0.461 e. The summed E-state index contributed by atoms with van der Waals surface area (Å²) < 4.78 is 11.9. The third-order valence-electron chi connectivity index (χ3n) is 8.52. The van der Waals surface area contributed by atoms with Crippen molar-refractivity contribution < 1.29 is 19.1 Å². The van der Waals surface area contributed by atoms with E-state index in [4.69, 9.17) is 14.3 Å². The number of rotatable bonds is 6. The van der Waals surface area contributed by atoms with Crippen molar-refractivity contribution in [2.24, 2.45) is 17.8 Å². The third kappa shape index (κ3) is 5.44. The molecular formula is C24H44N6O4. The molecule has 194 valence electrons. The van der Waals surface area contributed by atoms with Gasteiger partial charge in [0.25, 0.3) is 0 Å². The maximum atomic E-state index is 12.7. The zero-order chi connectivity index (χ0) is 23.7. The first kappa shape index (κ1) is 24.8. The highest BCUT2D eigenvalue weighted by molar-refractivity contribution is 5.72. The van der Waals surface area contributed by atoms with Crippen LogP contribution in [0.15, 0.2) is 0 Å². The van der Waals surface area contributed by atoms with Gasteiger partial charge in [-0.15, -0.1) is 0 Å². The SMILES string of the molecule is CC1CC(C)N(C2CCC(C(=O)OCC3NNC(C4C(C)ONC4C4CCCCC4)O3)CN2)N1. The van der Waals surface area contributed by atoms with Crippen molar-refractivity contribution in [3.63, 3.8) is 0 Å². The van der Waals surface area contributed by atoms with E-state index in [1.165, 1.54) is 32.1 Å². The zero-order valence-corrected chi connectivity index (χ0v) is 20.9. The van der Waals surface area contributed by atoms with Gasteiger partial charge < -0.3 is 9.47 Å². The molecule has 10 nitrogen and oxygen atoms in total. The molecule has 0 radical (unpaired) electrons. The van der Waals surface area contributed by atoms with Gasteiger partial charge >= 0.3 is 5.97 Å². The Morgan fingerprint density at radius 3 is 2.59 bits per heavy atom. The molecule has 4 aliphatic heterocycles. The lowest BCUT2D eigenvalue weighted by Crippen LogP contribution is -2.56. The molecule has 4 heterocycles. The molecule has 5 aliphatic rings. The van der Waals surface area contributed by atoms with Crippen molar-refractivity contribution in [3.05, 3.63) is 0 Å². The maximum Gasteiger partial charge on any atom is 0.310 e. The lowest BCUT2D eigenvalue weighted by Gasteiger charge is -2.37. The van der Waals surface area contributed by atoms with Crippen molar-refractivity contribution in [2.45, 2.75) is 115 Å². The Morgan fingerprint density at radius 1 is 1.06 bits per heavy atom. The van der Waals surface area contributed by atoms with Gasteiger partial charge in [-0.05, 0) is 58.8 Å². The van der Waals surface area contributed by atoms with Crippen LogP contribution >= 0.6 is 0 Å². The minimum atomic E-state index is -0.353. The lowest BCUT2D eigenvalue weighted by atomic mass is 9.77. The van der Waals surface area contributed by atoms with E-state index in [1.807, 2.05) is 0 Å². The molecule has 0 amide bonds. The van der Waals surface area contributed by atoms with Gasteiger partial charge in [-0.3, -0.25) is 20.4 Å². The van der Waals surface area contributed by atoms with Gasteiger partial charge in [0.15, 0.2) is 6.23 Å². The van der Waals surface area contributed by atoms with E-state index in [0.29, 0.717) is 24.5 Å². The maximum absolute atomic E-state index is 12.7. The molecule has 5 rings (SSSR count). The molecular weight excluding hydrogens is 436 g/mol. The summed E-state index contributed by atoms with van der Waals surface area (Å²) in [6.07, 6.45) is 9.14. The number of hydroxylamine groups is 1. The summed E-state index contributed by atoms with van der Waals surface area (Å²) in [6.45, 7) is 7.41. The van der Waals surface area contributed by atoms with Crippen molar-refractivity contribution in [3.8, 4) is 0 Å². The van der Waals surface area contributed by atoms with Gasteiger partial charge in [0, 0.05) is 30.6 Å². The summed E-state index contributed by atoms with van der Waals surface area (Å²) >= 11 is 0. The number of carbonyl (C=O) groups excluding carboxylic acids is 1. The Bertz CT molecular complexity index is 686. The molecule has 0 spiro atoms. The number of esters is 1. The molecule has 9 unspecified atom stereocenters. The van der Waals surface area contributed by atoms with Crippen LogP contribution in [-0.4, -0.2) is 67.0 Å². The van der Waals surface area contributed by atoms with E-state index in [2.05, 4.69) is 52.9 Å². The van der Waals surface area contributed by atoms with Crippen LogP contribution in [0.4, 0.5) is 0 Å². The first-order chi connectivity index (χ1) is 16.5. The van der Waals surface area contributed by atoms with Crippen molar-refractivity contribution >= 4 is 5.97 Å². The number of carbonyl (C=O) groups is 1. The standard InChI is InChI=1S/C24H44N6O4/c1-14-11-15(2)30(28-14)19-10-9-18(12-25-19)24(31)32-13-20-26-27-23(33-20)21-16(3)34-29-22(21)17-7-5-4-6-8-17/h14-23,25-29H,4-13H2,1-3H3. The summed E-state index contributed by atoms with van der Waals surface area (Å²) in [5.41, 5.74) is 13.3. The Hall–Kier alpha value is -0.850. The molecule has 1 aliphatic carbocycles. The molecule has 4 saturated heterocycles. The number of hydrazine groups is 2. The first-order valence-corrected chi connectivity index (χ1v) is 13.5. The normalized spacial score (nSPS) is 44.5. The largest absolute Gasteiger partial charge is 0.461 e. The summed E-state index contributed by atoms with van der Waals surface area (Å²) in [6, 6.07) is 1.29. The fourth-order valence-electron chi connectivity index (χ4n) is 6.67. The van der Waals surface area contributed by atoms with E-state index in [9.17, 15) is 4.79 Å². The number of nitrogens with one attached hydrogen (secondary N) is 5.